The van der Waals surface area contributed by atoms with Crippen molar-refractivity contribution in [2.24, 2.45) is 0 Å². The van der Waals surface area contributed by atoms with Crippen LogP contribution in [0.2, 0.25) is 0 Å². The van der Waals surface area contributed by atoms with Gasteiger partial charge in [0.15, 0.2) is 0 Å². The summed E-state index contributed by atoms with van der Waals surface area (Å²) in [5.74, 6) is 0. The van der Waals surface area contributed by atoms with Gasteiger partial charge in [0.05, 0.1) is 0 Å². The van der Waals surface area contributed by atoms with Crippen molar-refractivity contribution in [3.63, 3.8) is 0 Å². The standard InChI is InChI=1S/C12H22BOP/c13-14-15(11-7-3-1-4-8-11)12-9-5-2-6-10-12/h11-12H,1-10H2. The van der Waals surface area contributed by atoms with E-state index in [-0.39, 0.29) is 8.15 Å². The first-order valence-electron chi connectivity index (χ1n) is 6.57. The zero-order valence-corrected chi connectivity index (χ0v) is 10.6. The van der Waals surface area contributed by atoms with E-state index in [1.54, 1.807) is 0 Å². The molecule has 0 aliphatic heterocycles. The molecule has 2 radical (unpaired) electrons. The molecule has 2 rings (SSSR count). The maximum absolute atomic E-state index is 5.56. The summed E-state index contributed by atoms with van der Waals surface area (Å²) in [4.78, 5) is 0. The minimum absolute atomic E-state index is 0.317. The molecule has 0 saturated heterocycles. The minimum Gasteiger partial charge on any atom is -0.427 e. The molecule has 0 aromatic heterocycles. The summed E-state index contributed by atoms with van der Waals surface area (Å²) in [6, 6.07) is 0. The third kappa shape index (κ3) is 3.20. The average Bonchev–Trinajstić information content (AvgIpc) is 2.33. The van der Waals surface area contributed by atoms with Gasteiger partial charge in [-0.15, -0.1) is 0 Å². The largest absolute Gasteiger partial charge is 0.427 e. The number of rotatable bonds is 3. The van der Waals surface area contributed by atoms with Gasteiger partial charge in [0, 0.05) is 19.5 Å². The molecular weight excluding hydrogens is 202 g/mol. The van der Waals surface area contributed by atoms with E-state index in [0.717, 1.165) is 11.3 Å². The Morgan fingerprint density at radius 1 is 0.733 bits per heavy atom. The molecule has 0 heterocycles. The summed E-state index contributed by atoms with van der Waals surface area (Å²) in [5, 5.41) is 0. The van der Waals surface area contributed by atoms with Gasteiger partial charge >= 0.3 is 0 Å². The number of hydrogen-bond acceptors (Lipinski definition) is 1. The quantitative estimate of drug-likeness (QED) is 0.516. The van der Waals surface area contributed by atoms with E-state index in [1.807, 2.05) is 0 Å². The molecule has 0 amide bonds. The average molecular weight is 224 g/mol. The molecule has 84 valence electrons. The molecule has 0 N–H and O–H groups in total. The zero-order valence-electron chi connectivity index (χ0n) is 9.66. The lowest BCUT2D eigenvalue weighted by atomic mass is 10.00. The van der Waals surface area contributed by atoms with Crippen LogP contribution >= 0.6 is 8.15 Å². The molecule has 0 atom stereocenters. The summed E-state index contributed by atoms with van der Waals surface area (Å²) in [5.41, 5.74) is 1.64. The highest BCUT2D eigenvalue weighted by molar-refractivity contribution is 7.55. The Morgan fingerprint density at radius 2 is 1.13 bits per heavy atom. The molecule has 2 saturated carbocycles. The molecule has 0 bridgehead atoms. The van der Waals surface area contributed by atoms with Crippen molar-refractivity contribution in [1.82, 2.24) is 0 Å². The van der Waals surface area contributed by atoms with Crippen molar-refractivity contribution in [1.29, 1.82) is 0 Å². The monoisotopic (exact) mass is 224 g/mol. The van der Waals surface area contributed by atoms with Crippen LogP contribution in [0.4, 0.5) is 0 Å². The minimum atomic E-state index is -0.317. The summed E-state index contributed by atoms with van der Waals surface area (Å²) < 4.78 is 5.39. The van der Waals surface area contributed by atoms with Gasteiger partial charge < -0.3 is 4.44 Å². The summed E-state index contributed by atoms with van der Waals surface area (Å²) in [7, 11) is 5.25. The lowest BCUT2D eigenvalue weighted by Gasteiger charge is -2.37. The fraction of sp³-hybridized carbons (Fsp3) is 1.00. The third-order valence-electron chi connectivity index (χ3n) is 3.99. The van der Waals surface area contributed by atoms with Gasteiger partial charge in [0.25, 0.3) is 8.05 Å². The van der Waals surface area contributed by atoms with E-state index in [2.05, 4.69) is 0 Å². The van der Waals surface area contributed by atoms with Crippen molar-refractivity contribution in [2.45, 2.75) is 75.5 Å². The Kier molecular flexibility index (Phi) is 4.97. The maximum Gasteiger partial charge on any atom is 0.289 e. The topological polar surface area (TPSA) is 9.23 Å². The van der Waals surface area contributed by atoms with Crippen LogP contribution in [0, 0.1) is 0 Å². The first kappa shape index (κ1) is 11.9. The Hall–Kier alpha value is 0.455. The van der Waals surface area contributed by atoms with Crippen LogP contribution in [0.5, 0.6) is 0 Å². The molecule has 2 fully saturated rings. The van der Waals surface area contributed by atoms with E-state index in [0.29, 0.717) is 0 Å². The molecule has 0 aromatic carbocycles. The predicted molar refractivity (Wildman–Crippen MR) is 67.5 cm³/mol. The molecular formula is C12H22BOP. The fourth-order valence-corrected chi connectivity index (χ4v) is 5.83. The van der Waals surface area contributed by atoms with Crippen molar-refractivity contribution < 1.29 is 4.44 Å². The van der Waals surface area contributed by atoms with Crippen LogP contribution in [0.25, 0.3) is 0 Å². The summed E-state index contributed by atoms with van der Waals surface area (Å²) >= 11 is 0. The smallest absolute Gasteiger partial charge is 0.289 e. The third-order valence-corrected chi connectivity index (χ3v) is 6.71. The second kappa shape index (κ2) is 6.25. The van der Waals surface area contributed by atoms with E-state index in [4.69, 9.17) is 12.5 Å². The van der Waals surface area contributed by atoms with Crippen LogP contribution in [0.3, 0.4) is 0 Å². The van der Waals surface area contributed by atoms with Gasteiger partial charge in [-0.25, -0.2) is 0 Å². The molecule has 0 spiro atoms. The van der Waals surface area contributed by atoms with Gasteiger partial charge in [0.1, 0.15) is 0 Å². The Labute approximate surface area is 96.6 Å². The summed E-state index contributed by atoms with van der Waals surface area (Å²) in [6.07, 6.45) is 14.0. The first-order valence-corrected chi connectivity index (χ1v) is 7.97. The zero-order chi connectivity index (χ0) is 10.5. The molecule has 2 aliphatic rings. The highest BCUT2D eigenvalue weighted by atomic mass is 31.1. The molecule has 3 heteroatoms. The Balaban J connectivity index is 1.88. The van der Waals surface area contributed by atoms with Crippen molar-refractivity contribution in [2.75, 3.05) is 0 Å². The van der Waals surface area contributed by atoms with E-state index >= 15 is 0 Å². The first-order chi connectivity index (χ1) is 7.42. The van der Waals surface area contributed by atoms with Gasteiger partial charge in [-0.2, -0.15) is 0 Å². The number of hydrogen-bond donors (Lipinski definition) is 0. The van der Waals surface area contributed by atoms with Gasteiger partial charge in [-0.1, -0.05) is 38.5 Å². The maximum atomic E-state index is 5.56. The summed E-state index contributed by atoms with van der Waals surface area (Å²) in [6.45, 7) is 0. The van der Waals surface area contributed by atoms with Crippen LogP contribution in [-0.2, 0) is 4.44 Å². The Morgan fingerprint density at radius 3 is 1.47 bits per heavy atom. The molecule has 0 unspecified atom stereocenters. The SMILES string of the molecule is [B]OP(C1CCCCC1)C1CCCCC1. The van der Waals surface area contributed by atoms with Crippen molar-refractivity contribution >= 4 is 16.2 Å². The van der Waals surface area contributed by atoms with E-state index in [9.17, 15) is 0 Å². The second-order valence-electron chi connectivity index (χ2n) is 5.05. The van der Waals surface area contributed by atoms with Crippen LogP contribution in [0.15, 0.2) is 0 Å². The van der Waals surface area contributed by atoms with Crippen LogP contribution < -0.4 is 0 Å². The molecule has 1 nitrogen and oxygen atoms in total. The van der Waals surface area contributed by atoms with Crippen molar-refractivity contribution in [3.8, 4) is 0 Å². The lowest BCUT2D eigenvalue weighted by molar-refractivity contribution is 0.457. The van der Waals surface area contributed by atoms with Gasteiger partial charge in [-0.05, 0) is 25.7 Å². The normalized spacial score (nSPS) is 25.9. The highest BCUT2D eigenvalue weighted by Crippen LogP contribution is 2.55. The fourth-order valence-electron chi connectivity index (χ4n) is 3.14. The van der Waals surface area contributed by atoms with Crippen LogP contribution in [0.1, 0.15) is 64.2 Å². The molecule has 15 heavy (non-hydrogen) atoms. The lowest BCUT2D eigenvalue weighted by Crippen LogP contribution is -2.21. The van der Waals surface area contributed by atoms with Crippen LogP contribution in [-0.4, -0.2) is 19.4 Å². The second-order valence-corrected chi connectivity index (χ2v) is 7.44. The predicted octanol–water partition coefficient (Wildman–Crippen LogP) is 4.15. The van der Waals surface area contributed by atoms with Gasteiger partial charge in [0.2, 0.25) is 0 Å². The van der Waals surface area contributed by atoms with Gasteiger partial charge in [-0.3, -0.25) is 0 Å². The van der Waals surface area contributed by atoms with Crippen molar-refractivity contribution in [3.05, 3.63) is 0 Å². The highest BCUT2D eigenvalue weighted by Gasteiger charge is 2.30. The molecule has 0 aromatic rings. The van der Waals surface area contributed by atoms with E-state index in [1.165, 1.54) is 64.2 Å². The molecule has 2 aliphatic carbocycles. The Bertz CT molecular complexity index is 158. The van der Waals surface area contributed by atoms with E-state index < -0.39 is 0 Å².